The monoisotopic (exact) mass is 394 g/mol. The van der Waals surface area contributed by atoms with Gasteiger partial charge in [0.2, 0.25) is 0 Å². The average molecular weight is 395 g/mol. The van der Waals surface area contributed by atoms with E-state index in [0.29, 0.717) is 13.0 Å². The van der Waals surface area contributed by atoms with Gasteiger partial charge in [0.05, 0.1) is 6.42 Å². The third-order valence-electron chi connectivity index (χ3n) is 7.03. The first kappa shape index (κ1) is 21.6. The summed E-state index contributed by atoms with van der Waals surface area (Å²) in [4.78, 5) is 26.2. The van der Waals surface area contributed by atoms with Crippen LogP contribution in [0.3, 0.4) is 0 Å². The van der Waals surface area contributed by atoms with E-state index in [0.717, 1.165) is 38.8 Å². The van der Waals surface area contributed by atoms with Gasteiger partial charge in [-0.15, -0.1) is 0 Å². The van der Waals surface area contributed by atoms with Crippen molar-refractivity contribution in [3.05, 3.63) is 0 Å². The summed E-state index contributed by atoms with van der Waals surface area (Å²) in [5.74, 6) is -0.643. The van der Waals surface area contributed by atoms with Crippen LogP contribution >= 0.6 is 0 Å². The molecule has 2 saturated heterocycles. The third-order valence-corrected chi connectivity index (χ3v) is 7.03. The Bertz CT molecular complexity index is 541. The van der Waals surface area contributed by atoms with Crippen LogP contribution in [-0.2, 0) is 14.3 Å². The molecule has 28 heavy (non-hydrogen) atoms. The molecule has 0 aromatic carbocycles. The zero-order chi connectivity index (χ0) is 20.0. The predicted molar refractivity (Wildman–Crippen MR) is 108 cm³/mol. The molecular formula is C22H38N2O4. The maximum Gasteiger partial charge on any atom is 0.304 e. The highest BCUT2D eigenvalue weighted by Crippen LogP contribution is 2.43. The molecule has 0 aromatic rings. The van der Waals surface area contributed by atoms with Crippen LogP contribution in [0.2, 0.25) is 0 Å². The standard InChI is InChI=1S/C22H38N2O4/c1-18-17-24(15-11-19(25)26)16-14-22(18)20(27)23-21(28-22)12-9-7-5-3-2-4-6-8-10-13-21/h18H,2-17H2,1H3,(H,23,27)(H,25,26). The van der Waals surface area contributed by atoms with Gasteiger partial charge in [0.1, 0.15) is 5.72 Å². The molecule has 0 bridgehead atoms. The summed E-state index contributed by atoms with van der Waals surface area (Å²) in [6, 6.07) is 0. The van der Waals surface area contributed by atoms with Crippen LogP contribution in [0.1, 0.15) is 90.4 Å². The molecular weight excluding hydrogens is 356 g/mol. The van der Waals surface area contributed by atoms with E-state index in [1.54, 1.807) is 0 Å². The minimum absolute atomic E-state index is 0.0602. The van der Waals surface area contributed by atoms with E-state index < -0.39 is 17.3 Å². The quantitative estimate of drug-likeness (QED) is 0.763. The van der Waals surface area contributed by atoms with Gasteiger partial charge in [0.15, 0.2) is 5.60 Å². The van der Waals surface area contributed by atoms with Crippen LogP contribution in [0.25, 0.3) is 0 Å². The van der Waals surface area contributed by atoms with Crippen molar-refractivity contribution >= 4 is 11.9 Å². The first-order valence-corrected chi connectivity index (χ1v) is 11.4. The summed E-state index contributed by atoms with van der Waals surface area (Å²) in [6.07, 6.45) is 13.8. The highest BCUT2D eigenvalue weighted by molar-refractivity contribution is 5.88. The fourth-order valence-corrected chi connectivity index (χ4v) is 5.29. The van der Waals surface area contributed by atoms with Gasteiger partial charge in [-0.3, -0.25) is 9.59 Å². The minimum atomic E-state index is -0.769. The van der Waals surface area contributed by atoms with Crippen molar-refractivity contribution in [2.24, 2.45) is 5.92 Å². The Kier molecular flexibility index (Phi) is 7.37. The third kappa shape index (κ3) is 5.07. The summed E-state index contributed by atoms with van der Waals surface area (Å²) in [6.45, 7) is 4.07. The number of nitrogens with one attached hydrogen (secondary N) is 1. The summed E-state index contributed by atoms with van der Waals surface area (Å²) in [7, 11) is 0. The lowest BCUT2D eigenvalue weighted by Crippen LogP contribution is -2.55. The number of carboxylic acid groups (broad SMARTS) is 1. The van der Waals surface area contributed by atoms with E-state index in [4.69, 9.17) is 9.84 Å². The Hall–Kier alpha value is -1.14. The smallest absolute Gasteiger partial charge is 0.304 e. The summed E-state index contributed by atoms with van der Waals surface area (Å²) in [5.41, 5.74) is -1.23. The molecule has 2 spiro atoms. The molecule has 1 amide bonds. The van der Waals surface area contributed by atoms with E-state index in [1.807, 2.05) is 0 Å². The number of aliphatic carboxylic acids is 1. The van der Waals surface area contributed by atoms with E-state index in [1.165, 1.54) is 44.9 Å². The second-order valence-corrected chi connectivity index (χ2v) is 9.22. The van der Waals surface area contributed by atoms with Crippen LogP contribution < -0.4 is 5.32 Å². The Morgan fingerprint density at radius 3 is 2.18 bits per heavy atom. The summed E-state index contributed by atoms with van der Waals surface area (Å²) < 4.78 is 6.72. The van der Waals surface area contributed by atoms with Crippen LogP contribution in [0.15, 0.2) is 0 Å². The first-order chi connectivity index (χ1) is 13.5. The van der Waals surface area contributed by atoms with Gasteiger partial charge in [-0.05, 0) is 32.1 Å². The molecule has 2 heterocycles. The van der Waals surface area contributed by atoms with Crippen LogP contribution in [0, 0.1) is 5.92 Å². The molecule has 3 fully saturated rings. The number of hydrogen-bond donors (Lipinski definition) is 2. The number of piperidine rings is 1. The molecule has 6 nitrogen and oxygen atoms in total. The number of amides is 1. The molecule has 160 valence electrons. The zero-order valence-corrected chi connectivity index (χ0v) is 17.5. The number of likely N-dealkylation sites (tertiary alicyclic amines) is 1. The molecule has 1 aliphatic carbocycles. The second kappa shape index (κ2) is 9.57. The number of carbonyl (C=O) groups excluding carboxylic acids is 1. The van der Waals surface area contributed by atoms with Gasteiger partial charge in [-0.1, -0.05) is 51.9 Å². The van der Waals surface area contributed by atoms with Crippen molar-refractivity contribution in [1.29, 1.82) is 0 Å². The highest BCUT2D eigenvalue weighted by atomic mass is 16.6. The lowest BCUT2D eigenvalue weighted by Gasteiger charge is -2.43. The maximum absolute atomic E-state index is 13.1. The van der Waals surface area contributed by atoms with Crippen molar-refractivity contribution < 1.29 is 19.4 Å². The summed E-state index contributed by atoms with van der Waals surface area (Å²) >= 11 is 0. The van der Waals surface area contributed by atoms with Gasteiger partial charge in [0.25, 0.3) is 5.91 Å². The van der Waals surface area contributed by atoms with E-state index in [2.05, 4.69) is 17.1 Å². The number of carboxylic acids is 1. The lowest BCUT2D eigenvalue weighted by atomic mass is 9.81. The molecule has 2 N–H and O–H groups in total. The van der Waals surface area contributed by atoms with Gasteiger partial charge in [0, 0.05) is 25.6 Å². The Morgan fingerprint density at radius 1 is 1.07 bits per heavy atom. The minimum Gasteiger partial charge on any atom is -0.481 e. The molecule has 3 aliphatic rings. The predicted octanol–water partition coefficient (Wildman–Crippen LogP) is 3.69. The fraction of sp³-hybridized carbons (Fsp3) is 0.909. The van der Waals surface area contributed by atoms with Crippen molar-refractivity contribution in [2.75, 3.05) is 19.6 Å². The van der Waals surface area contributed by atoms with Crippen molar-refractivity contribution in [1.82, 2.24) is 10.2 Å². The SMILES string of the molecule is CC1CN(CCC(=O)O)CCC12OC1(CCCCCCCCCCC1)NC2=O. The maximum atomic E-state index is 13.1. The van der Waals surface area contributed by atoms with E-state index in [-0.39, 0.29) is 18.2 Å². The molecule has 2 aliphatic heterocycles. The van der Waals surface area contributed by atoms with Crippen molar-refractivity contribution in [3.8, 4) is 0 Å². The fourth-order valence-electron chi connectivity index (χ4n) is 5.29. The zero-order valence-electron chi connectivity index (χ0n) is 17.5. The van der Waals surface area contributed by atoms with Crippen LogP contribution in [-0.4, -0.2) is 52.8 Å². The van der Waals surface area contributed by atoms with Gasteiger partial charge in [-0.25, -0.2) is 0 Å². The largest absolute Gasteiger partial charge is 0.481 e. The lowest BCUT2D eigenvalue weighted by molar-refractivity contribution is -0.170. The number of hydrogen-bond acceptors (Lipinski definition) is 4. The molecule has 0 aromatic heterocycles. The van der Waals surface area contributed by atoms with Gasteiger partial charge in [-0.2, -0.15) is 0 Å². The topological polar surface area (TPSA) is 78.9 Å². The molecule has 0 radical (unpaired) electrons. The number of carbonyl (C=O) groups is 2. The normalized spacial score (nSPS) is 32.6. The van der Waals surface area contributed by atoms with Gasteiger partial charge < -0.3 is 20.1 Å². The molecule has 2 unspecified atom stereocenters. The number of rotatable bonds is 3. The van der Waals surface area contributed by atoms with Crippen molar-refractivity contribution in [2.45, 2.75) is 102 Å². The molecule has 3 rings (SSSR count). The molecule has 6 heteroatoms. The van der Waals surface area contributed by atoms with Gasteiger partial charge >= 0.3 is 5.97 Å². The summed E-state index contributed by atoms with van der Waals surface area (Å²) in [5, 5.41) is 12.2. The Labute approximate surface area is 169 Å². The Morgan fingerprint density at radius 2 is 1.64 bits per heavy atom. The number of ether oxygens (including phenoxy) is 1. The van der Waals surface area contributed by atoms with Crippen LogP contribution in [0.4, 0.5) is 0 Å². The average Bonchev–Trinajstić information content (AvgIpc) is 2.92. The van der Waals surface area contributed by atoms with Crippen LogP contribution in [0.5, 0.6) is 0 Å². The van der Waals surface area contributed by atoms with E-state index >= 15 is 0 Å². The van der Waals surface area contributed by atoms with Crippen molar-refractivity contribution in [3.63, 3.8) is 0 Å². The number of nitrogens with zero attached hydrogens (tertiary/aromatic N) is 1. The Balaban J connectivity index is 1.65. The first-order valence-electron chi connectivity index (χ1n) is 11.4. The molecule has 2 atom stereocenters. The van der Waals surface area contributed by atoms with E-state index in [9.17, 15) is 9.59 Å². The molecule has 1 saturated carbocycles. The second-order valence-electron chi connectivity index (χ2n) is 9.22. The highest BCUT2D eigenvalue weighted by Gasteiger charge is 2.58.